The Morgan fingerprint density at radius 3 is 2.68 bits per heavy atom. The third-order valence-corrected chi connectivity index (χ3v) is 5.13. The van der Waals surface area contributed by atoms with E-state index in [9.17, 15) is 4.39 Å². The summed E-state index contributed by atoms with van der Waals surface area (Å²) in [6.45, 7) is 1.07. The van der Waals surface area contributed by atoms with Gasteiger partial charge >= 0.3 is 0 Å². The smallest absolute Gasteiger partial charge is 0.123 e. The van der Waals surface area contributed by atoms with E-state index in [2.05, 4.69) is 17.4 Å². The quantitative estimate of drug-likeness (QED) is 0.904. The molecule has 2 aliphatic rings. The topological polar surface area (TPSA) is 21.3 Å². The van der Waals surface area contributed by atoms with Gasteiger partial charge in [0.15, 0.2) is 0 Å². The Hall–Kier alpha value is -1.87. The van der Waals surface area contributed by atoms with E-state index in [4.69, 9.17) is 4.74 Å². The van der Waals surface area contributed by atoms with Crippen molar-refractivity contribution in [2.24, 2.45) is 5.92 Å². The maximum atomic E-state index is 13.3. The van der Waals surface area contributed by atoms with Crippen LogP contribution in [0.2, 0.25) is 0 Å². The molecule has 0 aromatic heterocycles. The summed E-state index contributed by atoms with van der Waals surface area (Å²) >= 11 is 0. The Balaban J connectivity index is 1.84. The molecule has 1 fully saturated rings. The van der Waals surface area contributed by atoms with Gasteiger partial charge in [-0.1, -0.05) is 18.2 Å². The summed E-state index contributed by atoms with van der Waals surface area (Å²) in [7, 11) is 1.70. The van der Waals surface area contributed by atoms with Crippen LogP contribution in [0.4, 0.5) is 4.39 Å². The lowest BCUT2D eigenvalue weighted by molar-refractivity contribution is 0.287. The normalized spacial score (nSPS) is 26.4. The van der Waals surface area contributed by atoms with Gasteiger partial charge in [0, 0.05) is 12.0 Å². The summed E-state index contributed by atoms with van der Waals surface area (Å²) in [4.78, 5) is 0. The van der Waals surface area contributed by atoms with Crippen molar-refractivity contribution in [1.82, 2.24) is 5.32 Å². The zero-order valence-corrected chi connectivity index (χ0v) is 12.7. The average Bonchev–Trinajstić information content (AvgIpc) is 2.89. The molecule has 1 aliphatic carbocycles. The first-order valence-electron chi connectivity index (χ1n) is 7.94. The second-order valence-electron chi connectivity index (χ2n) is 6.26. The predicted octanol–water partition coefficient (Wildman–Crippen LogP) is 4.02. The zero-order valence-electron chi connectivity index (χ0n) is 12.7. The van der Waals surface area contributed by atoms with E-state index in [-0.39, 0.29) is 5.82 Å². The molecule has 0 bridgehead atoms. The lowest BCUT2D eigenvalue weighted by Crippen LogP contribution is -2.32. The second-order valence-corrected chi connectivity index (χ2v) is 6.26. The predicted molar refractivity (Wildman–Crippen MR) is 84.7 cm³/mol. The highest BCUT2D eigenvalue weighted by molar-refractivity contribution is 5.49. The fraction of sp³-hybridized carbons (Fsp3) is 0.368. The molecular weight excluding hydrogens is 277 g/mol. The lowest BCUT2D eigenvalue weighted by Gasteiger charge is -2.31. The van der Waals surface area contributed by atoms with E-state index < -0.39 is 0 Å². The number of hydrogen-bond acceptors (Lipinski definition) is 2. The molecule has 0 spiro atoms. The molecule has 0 radical (unpaired) electrons. The van der Waals surface area contributed by atoms with Crippen LogP contribution >= 0.6 is 0 Å². The number of rotatable bonds is 2. The maximum Gasteiger partial charge on any atom is 0.123 e. The molecule has 2 aromatic rings. The molecule has 3 heteroatoms. The molecule has 1 heterocycles. The van der Waals surface area contributed by atoms with Crippen LogP contribution in [0.15, 0.2) is 42.5 Å². The van der Waals surface area contributed by atoms with E-state index in [0.29, 0.717) is 17.9 Å². The lowest BCUT2D eigenvalue weighted by atomic mass is 9.80. The van der Waals surface area contributed by atoms with Crippen LogP contribution in [0.1, 0.15) is 41.5 Å². The third-order valence-electron chi connectivity index (χ3n) is 5.13. The first kappa shape index (κ1) is 13.8. The van der Waals surface area contributed by atoms with Crippen LogP contribution in [-0.4, -0.2) is 13.7 Å². The van der Waals surface area contributed by atoms with Crippen LogP contribution < -0.4 is 10.1 Å². The van der Waals surface area contributed by atoms with Gasteiger partial charge in [-0.3, -0.25) is 0 Å². The molecule has 1 saturated heterocycles. The Labute approximate surface area is 130 Å². The molecule has 2 aromatic carbocycles. The van der Waals surface area contributed by atoms with Gasteiger partial charge in [0.25, 0.3) is 0 Å². The fourth-order valence-electron chi connectivity index (χ4n) is 4.17. The van der Waals surface area contributed by atoms with Gasteiger partial charge in [-0.2, -0.15) is 0 Å². The van der Waals surface area contributed by atoms with Crippen molar-refractivity contribution < 1.29 is 9.13 Å². The summed E-state index contributed by atoms with van der Waals surface area (Å²) in [5.41, 5.74) is 3.90. The van der Waals surface area contributed by atoms with E-state index >= 15 is 0 Å². The van der Waals surface area contributed by atoms with Gasteiger partial charge in [-0.15, -0.1) is 0 Å². The first-order valence-corrected chi connectivity index (χ1v) is 7.94. The fourth-order valence-corrected chi connectivity index (χ4v) is 4.17. The summed E-state index contributed by atoms with van der Waals surface area (Å²) < 4.78 is 18.7. The Morgan fingerprint density at radius 1 is 1.09 bits per heavy atom. The molecule has 3 unspecified atom stereocenters. The number of fused-ring (bicyclic) bond motifs is 3. The number of halogens is 1. The number of ether oxygens (including phenoxy) is 1. The van der Waals surface area contributed by atoms with Gasteiger partial charge in [-0.05, 0) is 66.3 Å². The summed E-state index contributed by atoms with van der Waals surface area (Å²) in [6.07, 6.45) is 2.40. The highest BCUT2D eigenvalue weighted by atomic mass is 19.1. The molecular formula is C19H20FNO. The minimum Gasteiger partial charge on any atom is -0.497 e. The third kappa shape index (κ3) is 2.12. The minimum absolute atomic E-state index is 0.175. The van der Waals surface area contributed by atoms with E-state index in [1.165, 1.54) is 29.5 Å². The molecule has 114 valence electrons. The van der Waals surface area contributed by atoms with Crippen molar-refractivity contribution in [3.63, 3.8) is 0 Å². The Morgan fingerprint density at radius 2 is 1.91 bits per heavy atom. The maximum absolute atomic E-state index is 13.3. The van der Waals surface area contributed by atoms with Crippen molar-refractivity contribution >= 4 is 0 Å². The number of hydrogen-bond donors (Lipinski definition) is 1. The average molecular weight is 297 g/mol. The number of piperidine rings is 1. The zero-order chi connectivity index (χ0) is 15.1. The number of methoxy groups -OCH3 is 1. The van der Waals surface area contributed by atoms with Crippen LogP contribution in [0, 0.1) is 11.7 Å². The Bertz CT molecular complexity index is 682. The molecule has 1 aliphatic heterocycles. The molecule has 4 rings (SSSR count). The van der Waals surface area contributed by atoms with E-state index in [1.807, 2.05) is 18.2 Å². The summed E-state index contributed by atoms with van der Waals surface area (Å²) in [5.74, 6) is 1.58. The first-order chi connectivity index (χ1) is 10.8. The number of benzene rings is 2. The molecule has 0 saturated carbocycles. The van der Waals surface area contributed by atoms with Crippen LogP contribution in [0.25, 0.3) is 0 Å². The molecule has 2 nitrogen and oxygen atoms in total. The Kier molecular flexibility index (Phi) is 3.38. The molecule has 22 heavy (non-hydrogen) atoms. The van der Waals surface area contributed by atoms with Gasteiger partial charge < -0.3 is 10.1 Å². The van der Waals surface area contributed by atoms with Crippen molar-refractivity contribution in [3.05, 3.63) is 65.0 Å². The highest BCUT2D eigenvalue weighted by Crippen LogP contribution is 2.52. The largest absolute Gasteiger partial charge is 0.497 e. The molecule has 0 amide bonds. The number of nitrogens with one attached hydrogen (secondary N) is 1. The van der Waals surface area contributed by atoms with Gasteiger partial charge in [-0.25, -0.2) is 4.39 Å². The SMILES string of the molecule is COc1ccc2c(c1)C(c1ccc(F)cc1)C1CCCNC21. The summed E-state index contributed by atoms with van der Waals surface area (Å²) in [6, 6.07) is 13.8. The van der Waals surface area contributed by atoms with Crippen molar-refractivity contribution in [3.8, 4) is 5.75 Å². The van der Waals surface area contributed by atoms with Gasteiger partial charge in [0.1, 0.15) is 11.6 Å². The van der Waals surface area contributed by atoms with Gasteiger partial charge in [0.05, 0.1) is 7.11 Å². The molecule has 1 N–H and O–H groups in total. The van der Waals surface area contributed by atoms with Crippen molar-refractivity contribution in [1.29, 1.82) is 0 Å². The van der Waals surface area contributed by atoms with Crippen LogP contribution in [0.3, 0.4) is 0 Å². The van der Waals surface area contributed by atoms with Crippen LogP contribution in [-0.2, 0) is 0 Å². The van der Waals surface area contributed by atoms with Crippen molar-refractivity contribution in [2.75, 3.05) is 13.7 Å². The monoisotopic (exact) mass is 297 g/mol. The standard InChI is InChI=1S/C19H20FNO/c1-22-14-8-9-15-17(11-14)18(12-4-6-13(20)7-5-12)16-3-2-10-21-19(15)16/h4-9,11,16,18-19,21H,2-3,10H2,1H3. The van der Waals surface area contributed by atoms with Crippen molar-refractivity contribution in [2.45, 2.75) is 24.8 Å². The molecule has 3 atom stereocenters. The van der Waals surface area contributed by atoms with Gasteiger partial charge in [0.2, 0.25) is 0 Å². The summed E-state index contributed by atoms with van der Waals surface area (Å²) in [5, 5.41) is 3.67. The van der Waals surface area contributed by atoms with E-state index in [1.54, 1.807) is 19.2 Å². The van der Waals surface area contributed by atoms with Crippen LogP contribution in [0.5, 0.6) is 5.75 Å². The highest BCUT2D eigenvalue weighted by Gasteiger charge is 2.42. The van der Waals surface area contributed by atoms with E-state index in [0.717, 1.165) is 12.3 Å². The minimum atomic E-state index is -0.175. The second kappa shape index (κ2) is 5.40.